The zero-order chi connectivity index (χ0) is 19.4. The quantitative estimate of drug-likeness (QED) is 0.887. The zero-order valence-corrected chi connectivity index (χ0v) is 14.3. The van der Waals surface area contributed by atoms with Crippen molar-refractivity contribution in [3.8, 4) is 6.07 Å². The number of rotatable bonds is 4. The predicted octanol–water partition coefficient (Wildman–Crippen LogP) is 2.64. The minimum absolute atomic E-state index is 0.0424. The highest BCUT2D eigenvalue weighted by atomic mass is 19.3. The number of amides is 2. The van der Waals surface area contributed by atoms with Gasteiger partial charge in [0.1, 0.15) is 17.7 Å². The minimum atomic E-state index is -2.64. The molecule has 0 bridgehead atoms. The van der Waals surface area contributed by atoms with Crippen LogP contribution in [0.2, 0.25) is 0 Å². The first-order chi connectivity index (χ1) is 13.0. The lowest BCUT2D eigenvalue weighted by atomic mass is 10.2. The van der Waals surface area contributed by atoms with Crippen LogP contribution in [0.4, 0.5) is 23.7 Å². The molecule has 1 aliphatic rings. The topological polar surface area (TPSA) is 77.2 Å². The van der Waals surface area contributed by atoms with Gasteiger partial charge in [-0.3, -0.25) is 9.47 Å². The van der Waals surface area contributed by atoms with E-state index in [1.807, 2.05) is 11.0 Å². The lowest BCUT2D eigenvalue weighted by molar-refractivity contribution is 0.0620. The molecule has 10 heteroatoms. The highest BCUT2D eigenvalue weighted by Crippen LogP contribution is 2.18. The molecule has 1 aromatic carbocycles. The Hall–Kier alpha value is -3.06. The zero-order valence-electron chi connectivity index (χ0n) is 14.3. The molecule has 0 saturated carbocycles. The van der Waals surface area contributed by atoms with Gasteiger partial charge < -0.3 is 10.2 Å². The molecule has 1 aliphatic heterocycles. The maximum atomic E-state index is 13.2. The van der Waals surface area contributed by atoms with Crippen LogP contribution in [0, 0.1) is 17.1 Å². The third-order valence-electron chi connectivity index (χ3n) is 4.33. The van der Waals surface area contributed by atoms with Crippen LogP contribution in [0.15, 0.2) is 30.6 Å². The Morgan fingerprint density at radius 1 is 1.30 bits per heavy atom. The van der Waals surface area contributed by atoms with E-state index >= 15 is 0 Å². The van der Waals surface area contributed by atoms with E-state index in [0.29, 0.717) is 26.2 Å². The van der Waals surface area contributed by atoms with Gasteiger partial charge in [-0.15, -0.1) is 0 Å². The van der Waals surface area contributed by atoms with E-state index in [1.165, 1.54) is 24.5 Å². The second-order valence-corrected chi connectivity index (χ2v) is 6.02. The van der Waals surface area contributed by atoms with E-state index in [0.717, 1.165) is 10.6 Å². The summed E-state index contributed by atoms with van der Waals surface area (Å²) in [7, 11) is 0. The fraction of sp³-hybridized carbons (Fsp3) is 0.353. The first-order valence-corrected chi connectivity index (χ1v) is 8.25. The number of aromatic nitrogens is 2. The molecule has 0 spiro atoms. The van der Waals surface area contributed by atoms with Crippen LogP contribution >= 0.6 is 0 Å². The Bertz CT molecular complexity index is 855. The maximum Gasteiger partial charge on any atom is 0.321 e. The molecule has 3 rings (SSSR count). The third kappa shape index (κ3) is 4.38. The summed E-state index contributed by atoms with van der Waals surface area (Å²) in [5, 5.41) is 11.6. The number of halogens is 3. The number of hydrogen-bond donors (Lipinski definition) is 1. The number of nitrogens with zero attached hydrogens (tertiary/aromatic N) is 5. The van der Waals surface area contributed by atoms with Crippen molar-refractivity contribution in [1.29, 1.82) is 5.26 Å². The van der Waals surface area contributed by atoms with Gasteiger partial charge in [0.25, 0.3) is 0 Å². The molecule has 1 fully saturated rings. The number of urea groups is 1. The molecular formula is C17H17F3N6O. The first-order valence-electron chi connectivity index (χ1n) is 8.25. The number of benzene rings is 1. The van der Waals surface area contributed by atoms with Gasteiger partial charge in [0.2, 0.25) is 0 Å². The van der Waals surface area contributed by atoms with Crippen molar-refractivity contribution in [2.24, 2.45) is 0 Å². The van der Waals surface area contributed by atoms with Gasteiger partial charge in [0.15, 0.2) is 0 Å². The van der Waals surface area contributed by atoms with E-state index in [4.69, 9.17) is 5.26 Å². The number of alkyl halides is 2. The van der Waals surface area contributed by atoms with Crippen LogP contribution in [-0.4, -0.2) is 51.6 Å². The standard InChI is InChI=1S/C17H17F3N6O/c18-13-1-2-14(12(9-13)10-21)23-17(27)25-7-5-24(6-8-25)11-15-22-3-4-26(15)16(19)20/h1-4,9,16H,5-8,11H2,(H,23,27). The maximum absolute atomic E-state index is 13.2. The van der Waals surface area contributed by atoms with Crippen LogP contribution in [0.25, 0.3) is 0 Å². The molecule has 0 atom stereocenters. The van der Waals surface area contributed by atoms with Crippen molar-refractivity contribution >= 4 is 11.7 Å². The van der Waals surface area contributed by atoms with Crippen LogP contribution in [0.5, 0.6) is 0 Å². The Balaban J connectivity index is 1.55. The number of piperazine rings is 1. The fourth-order valence-electron chi connectivity index (χ4n) is 2.87. The molecule has 1 saturated heterocycles. The molecule has 7 nitrogen and oxygen atoms in total. The number of carbonyl (C=O) groups excluding carboxylic acids is 1. The van der Waals surface area contributed by atoms with Crippen molar-refractivity contribution in [3.05, 3.63) is 47.8 Å². The Morgan fingerprint density at radius 3 is 2.70 bits per heavy atom. The summed E-state index contributed by atoms with van der Waals surface area (Å²) in [5.41, 5.74) is 0.283. The number of imidazole rings is 1. The number of anilines is 1. The van der Waals surface area contributed by atoms with Gasteiger partial charge in [-0.25, -0.2) is 14.2 Å². The number of carbonyl (C=O) groups is 1. The summed E-state index contributed by atoms with van der Waals surface area (Å²) in [5.74, 6) is -0.284. The van der Waals surface area contributed by atoms with Crippen molar-refractivity contribution < 1.29 is 18.0 Å². The second-order valence-electron chi connectivity index (χ2n) is 6.02. The molecule has 0 unspecified atom stereocenters. The molecule has 0 aliphatic carbocycles. The van der Waals surface area contributed by atoms with Crippen molar-refractivity contribution in [1.82, 2.24) is 19.4 Å². The lowest BCUT2D eigenvalue weighted by Gasteiger charge is -2.34. The van der Waals surface area contributed by atoms with Crippen molar-refractivity contribution in [2.75, 3.05) is 31.5 Å². The third-order valence-corrected chi connectivity index (χ3v) is 4.33. The molecule has 2 aromatic rings. The summed E-state index contributed by atoms with van der Waals surface area (Å²) in [6.07, 6.45) is 2.57. The number of nitrogens with one attached hydrogen (secondary N) is 1. The minimum Gasteiger partial charge on any atom is -0.322 e. The highest BCUT2D eigenvalue weighted by molar-refractivity contribution is 5.90. The van der Waals surface area contributed by atoms with Crippen molar-refractivity contribution in [2.45, 2.75) is 13.1 Å². The van der Waals surface area contributed by atoms with Gasteiger partial charge in [-0.05, 0) is 18.2 Å². The van der Waals surface area contributed by atoms with E-state index < -0.39 is 18.4 Å². The smallest absolute Gasteiger partial charge is 0.321 e. The predicted molar refractivity (Wildman–Crippen MR) is 90.5 cm³/mol. The molecule has 1 N–H and O–H groups in total. The summed E-state index contributed by atoms with van der Waals surface area (Å²) in [4.78, 5) is 19.8. The Kier molecular flexibility index (Phi) is 5.61. The molecule has 2 heterocycles. The summed E-state index contributed by atoms with van der Waals surface area (Å²) in [6, 6.07) is 5.00. The average molecular weight is 378 g/mol. The Morgan fingerprint density at radius 2 is 2.04 bits per heavy atom. The average Bonchev–Trinajstić information content (AvgIpc) is 3.12. The van der Waals surface area contributed by atoms with Gasteiger partial charge >= 0.3 is 12.6 Å². The molecule has 1 aromatic heterocycles. The molecular weight excluding hydrogens is 361 g/mol. The van der Waals surface area contributed by atoms with E-state index in [9.17, 15) is 18.0 Å². The lowest BCUT2D eigenvalue weighted by Crippen LogP contribution is -2.49. The van der Waals surface area contributed by atoms with Gasteiger partial charge in [0.05, 0.1) is 17.8 Å². The number of hydrogen-bond acceptors (Lipinski definition) is 4. The summed E-state index contributed by atoms with van der Waals surface area (Å²) >= 11 is 0. The highest BCUT2D eigenvalue weighted by Gasteiger charge is 2.23. The fourth-order valence-corrected chi connectivity index (χ4v) is 2.87. The van der Waals surface area contributed by atoms with Crippen LogP contribution in [-0.2, 0) is 6.54 Å². The van der Waals surface area contributed by atoms with E-state index in [-0.39, 0.29) is 23.6 Å². The van der Waals surface area contributed by atoms with Gasteiger partial charge in [-0.1, -0.05) is 0 Å². The number of nitriles is 1. The van der Waals surface area contributed by atoms with Gasteiger partial charge in [0, 0.05) is 38.6 Å². The summed E-state index contributed by atoms with van der Waals surface area (Å²) < 4.78 is 39.7. The molecule has 2 amide bonds. The van der Waals surface area contributed by atoms with E-state index in [1.54, 1.807) is 4.90 Å². The monoisotopic (exact) mass is 378 g/mol. The van der Waals surface area contributed by atoms with Crippen LogP contribution in [0.3, 0.4) is 0 Å². The molecule has 27 heavy (non-hydrogen) atoms. The SMILES string of the molecule is N#Cc1cc(F)ccc1NC(=O)N1CCN(Cc2nccn2C(F)F)CC1. The Labute approximate surface area is 153 Å². The van der Waals surface area contributed by atoms with E-state index in [2.05, 4.69) is 10.3 Å². The molecule has 0 radical (unpaired) electrons. The van der Waals surface area contributed by atoms with Crippen molar-refractivity contribution in [3.63, 3.8) is 0 Å². The van der Waals surface area contributed by atoms with Crippen LogP contribution in [0.1, 0.15) is 17.9 Å². The van der Waals surface area contributed by atoms with Gasteiger partial charge in [-0.2, -0.15) is 14.0 Å². The largest absolute Gasteiger partial charge is 0.322 e. The molecule has 142 valence electrons. The normalized spacial score (nSPS) is 15.0. The first kappa shape index (κ1) is 18.7. The summed E-state index contributed by atoms with van der Waals surface area (Å²) in [6.45, 7) is -0.590. The second kappa shape index (κ2) is 8.09. The van der Waals surface area contributed by atoms with Crippen LogP contribution < -0.4 is 5.32 Å².